The van der Waals surface area contributed by atoms with E-state index in [4.69, 9.17) is 9.47 Å². The van der Waals surface area contributed by atoms with Crippen molar-refractivity contribution in [2.75, 3.05) is 13.2 Å². The minimum absolute atomic E-state index is 0.111. The van der Waals surface area contributed by atoms with Crippen molar-refractivity contribution in [3.63, 3.8) is 0 Å². The summed E-state index contributed by atoms with van der Waals surface area (Å²) in [6.45, 7) is 3.93. The molecule has 48 heavy (non-hydrogen) atoms. The van der Waals surface area contributed by atoms with E-state index in [-0.39, 0.29) is 37.4 Å². The number of allylic oxidation sites excluding steroid dienone is 8. The number of hydrogen-bond acceptors (Lipinski definition) is 6. The number of ether oxygens (including phenoxy) is 2. The minimum Gasteiger partial charge on any atom is -0.462 e. The Balaban J connectivity index is 3.69. The molecule has 0 rings (SSSR count). The highest BCUT2D eigenvalue weighted by Crippen LogP contribution is 2.14. The summed E-state index contributed by atoms with van der Waals surface area (Å²) < 4.78 is 10.5. The summed E-state index contributed by atoms with van der Waals surface area (Å²) in [5.74, 6) is -0.501. The molecular weight excluding hydrogens is 600 g/mol. The number of ketones is 1. The lowest BCUT2D eigenvalue weighted by Gasteiger charge is -2.15. The van der Waals surface area contributed by atoms with Gasteiger partial charge in [0.05, 0.1) is 6.61 Å². The first-order chi connectivity index (χ1) is 23.5. The Kier molecular flexibility index (Phi) is 35.4. The van der Waals surface area contributed by atoms with Crippen molar-refractivity contribution in [3.8, 4) is 0 Å². The van der Waals surface area contributed by atoms with E-state index in [0.717, 1.165) is 57.8 Å². The molecule has 1 N–H and O–H groups in total. The van der Waals surface area contributed by atoms with E-state index < -0.39 is 6.10 Å². The van der Waals surface area contributed by atoms with Gasteiger partial charge in [0.1, 0.15) is 6.61 Å². The number of carbonyl (C=O) groups is 3. The van der Waals surface area contributed by atoms with Crippen LogP contribution in [-0.2, 0) is 23.9 Å². The van der Waals surface area contributed by atoms with Crippen LogP contribution >= 0.6 is 0 Å². The van der Waals surface area contributed by atoms with E-state index in [9.17, 15) is 19.5 Å². The molecule has 0 saturated heterocycles. The minimum atomic E-state index is -0.807. The third-order valence-electron chi connectivity index (χ3n) is 8.35. The fourth-order valence-electron chi connectivity index (χ4n) is 5.32. The summed E-state index contributed by atoms with van der Waals surface area (Å²) in [6, 6.07) is 0. The van der Waals surface area contributed by atoms with Gasteiger partial charge in [-0.2, -0.15) is 0 Å². The van der Waals surface area contributed by atoms with Gasteiger partial charge >= 0.3 is 11.9 Å². The number of rotatable bonds is 35. The molecule has 0 spiro atoms. The Morgan fingerprint density at radius 1 is 0.542 bits per heavy atom. The fourth-order valence-corrected chi connectivity index (χ4v) is 5.32. The van der Waals surface area contributed by atoms with Crippen LogP contribution in [0.1, 0.15) is 181 Å². The Morgan fingerprint density at radius 3 is 1.60 bits per heavy atom. The maximum absolute atomic E-state index is 12.2. The number of esters is 2. The van der Waals surface area contributed by atoms with Gasteiger partial charge in [-0.05, 0) is 44.6 Å². The molecule has 1 atom stereocenters. The molecule has 0 radical (unpaired) electrons. The van der Waals surface area contributed by atoms with Crippen molar-refractivity contribution in [3.05, 3.63) is 48.6 Å². The van der Waals surface area contributed by atoms with Crippen molar-refractivity contribution in [1.29, 1.82) is 0 Å². The summed E-state index contributed by atoms with van der Waals surface area (Å²) in [5.41, 5.74) is 0. The molecule has 6 heteroatoms. The normalized spacial score (nSPS) is 12.6. The monoisotopic (exact) mass is 673 g/mol. The summed E-state index contributed by atoms with van der Waals surface area (Å²) >= 11 is 0. The molecule has 0 aromatic carbocycles. The first-order valence-electron chi connectivity index (χ1n) is 19.6. The lowest BCUT2D eigenvalue weighted by molar-refractivity contribution is -0.161. The Labute approximate surface area is 294 Å². The molecule has 0 fully saturated rings. The van der Waals surface area contributed by atoms with Gasteiger partial charge in [-0.1, -0.05) is 166 Å². The molecule has 0 aromatic heterocycles. The molecule has 0 aliphatic rings. The molecular formula is C42H72O6. The summed E-state index contributed by atoms with van der Waals surface area (Å²) in [7, 11) is 0. The molecule has 0 aliphatic heterocycles. The highest BCUT2D eigenvalue weighted by Gasteiger charge is 2.16. The van der Waals surface area contributed by atoms with Crippen LogP contribution in [0.3, 0.4) is 0 Å². The van der Waals surface area contributed by atoms with Crippen molar-refractivity contribution >= 4 is 17.7 Å². The summed E-state index contributed by atoms with van der Waals surface area (Å²) in [5, 5.41) is 9.54. The van der Waals surface area contributed by atoms with Gasteiger partial charge in [0, 0.05) is 19.3 Å². The van der Waals surface area contributed by atoms with Gasteiger partial charge in [-0.15, -0.1) is 0 Å². The van der Waals surface area contributed by atoms with Crippen LogP contribution in [0.5, 0.6) is 0 Å². The number of hydrogen-bond donors (Lipinski definition) is 1. The SMILES string of the molecule is CCCCCCCCCCCCCCCCCCC(=O)O[C@@H](CO)COC(=O)CCC/C=C\C/C=C\C/C=C\C=C\C(=O)CCCCC. The number of aliphatic hydroxyl groups is 1. The lowest BCUT2D eigenvalue weighted by atomic mass is 10.0. The zero-order valence-electron chi connectivity index (χ0n) is 31.0. The van der Waals surface area contributed by atoms with E-state index >= 15 is 0 Å². The van der Waals surface area contributed by atoms with Crippen LogP contribution in [0.2, 0.25) is 0 Å². The predicted octanol–water partition coefficient (Wildman–Crippen LogP) is 11.4. The van der Waals surface area contributed by atoms with Gasteiger partial charge in [0.25, 0.3) is 0 Å². The summed E-state index contributed by atoms with van der Waals surface area (Å²) in [4.78, 5) is 35.9. The largest absolute Gasteiger partial charge is 0.462 e. The van der Waals surface area contributed by atoms with Gasteiger partial charge in [0.2, 0.25) is 0 Å². The van der Waals surface area contributed by atoms with Gasteiger partial charge in [0.15, 0.2) is 11.9 Å². The van der Waals surface area contributed by atoms with Gasteiger partial charge in [-0.25, -0.2) is 0 Å². The molecule has 0 heterocycles. The van der Waals surface area contributed by atoms with Crippen molar-refractivity contribution in [2.24, 2.45) is 0 Å². The molecule has 0 aliphatic carbocycles. The average Bonchev–Trinajstić information content (AvgIpc) is 3.08. The standard InChI is InChI=1S/C42H72O6/c1-3-5-7-8-9-10-11-12-13-14-15-18-22-25-28-32-36-42(46)48-40(37-43)38-47-41(45)35-31-27-24-21-19-16-17-20-23-26-30-34-39(44)33-29-6-4-2/h16-17,21,23-24,26,30,34,40,43H,3-15,18-20,22,25,27-29,31-33,35-38H2,1-2H3/b17-16-,24-21-,26-23-,34-30+/t40-/m0/s1. The quantitative estimate of drug-likeness (QED) is 0.0237. The first-order valence-corrected chi connectivity index (χ1v) is 19.6. The van der Waals surface area contributed by atoms with Crippen LogP contribution in [0, 0.1) is 0 Å². The Bertz CT molecular complexity index is 871. The number of aliphatic hydroxyl groups excluding tert-OH is 1. The second kappa shape index (κ2) is 37.4. The Hall–Kier alpha value is -2.47. The van der Waals surface area contributed by atoms with Crippen molar-refractivity contribution < 1.29 is 29.0 Å². The van der Waals surface area contributed by atoms with Gasteiger partial charge in [-0.3, -0.25) is 14.4 Å². The van der Waals surface area contributed by atoms with Crippen LogP contribution in [0.15, 0.2) is 48.6 Å². The smallest absolute Gasteiger partial charge is 0.306 e. The predicted molar refractivity (Wildman–Crippen MR) is 201 cm³/mol. The van der Waals surface area contributed by atoms with Crippen molar-refractivity contribution in [1.82, 2.24) is 0 Å². The summed E-state index contributed by atoms with van der Waals surface area (Å²) in [6.07, 6.45) is 43.0. The molecule has 6 nitrogen and oxygen atoms in total. The zero-order valence-corrected chi connectivity index (χ0v) is 31.0. The van der Waals surface area contributed by atoms with Crippen LogP contribution in [0.4, 0.5) is 0 Å². The number of unbranched alkanes of at least 4 members (excludes halogenated alkanes) is 18. The average molecular weight is 673 g/mol. The fraction of sp³-hybridized carbons (Fsp3) is 0.738. The second-order valence-corrected chi connectivity index (χ2v) is 13.0. The molecule has 0 saturated carbocycles. The highest BCUT2D eigenvalue weighted by molar-refractivity contribution is 5.89. The van der Waals surface area contributed by atoms with E-state index in [2.05, 4.69) is 38.2 Å². The van der Waals surface area contributed by atoms with E-state index in [1.54, 1.807) is 6.08 Å². The van der Waals surface area contributed by atoms with Crippen LogP contribution in [0.25, 0.3) is 0 Å². The molecule has 276 valence electrons. The third kappa shape index (κ3) is 34.9. The lowest BCUT2D eigenvalue weighted by Crippen LogP contribution is -2.28. The van der Waals surface area contributed by atoms with Crippen LogP contribution in [-0.4, -0.2) is 42.1 Å². The van der Waals surface area contributed by atoms with E-state index in [1.165, 1.54) is 83.5 Å². The maximum Gasteiger partial charge on any atom is 0.306 e. The highest BCUT2D eigenvalue weighted by atomic mass is 16.6. The molecule has 0 aromatic rings. The van der Waals surface area contributed by atoms with Gasteiger partial charge < -0.3 is 14.6 Å². The first kappa shape index (κ1) is 45.5. The Morgan fingerprint density at radius 2 is 1.02 bits per heavy atom. The third-order valence-corrected chi connectivity index (χ3v) is 8.35. The van der Waals surface area contributed by atoms with Crippen molar-refractivity contribution in [2.45, 2.75) is 187 Å². The topological polar surface area (TPSA) is 89.9 Å². The molecule has 0 unspecified atom stereocenters. The molecule has 0 bridgehead atoms. The zero-order chi connectivity index (χ0) is 35.2. The molecule has 0 amide bonds. The maximum atomic E-state index is 12.2. The van der Waals surface area contributed by atoms with E-state index in [0.29, 0.717) is 19.3 Å². The van der Waals surface area contributed by atoms with Crippen LogP contribution < -0.4 is 0 Å². The number of carbonyl (C=O) groups excluding carboxylic acids is 3. The van der Waals surface area contributed by atoms with E-state index in [1.807, 2.05) is 18.2 Å². The second-order valence-electron chi connectivity index (χ2n) is 13.0.